The lowest BCUT2D eigenvalue weighted by Crippen LogP contribution is -2.50. The number of hydrogen-bond acceptors (Lipinski definition) is 4. The Morgan fingerprint density at radius 1 is 1.59 bits per heavy atom. The molecule has 17 heavy (non-hydrogen) atoms. The van der Waals surface area contributed by atoms with Gasteiger partial charge in [0.1, 0.15) is 5.69 Å². The Balaban J connectivity index is 2.07. The molecule has 7 nitrogen and oxygen atoms in total. The third kappa shape index (κ3) is 2.44. The number of carbonyl (C=O) groups excluding carboxylic acids is 2. The quantitative estimate of drug-likeness (QED) is 0.696. The molecule has 2 heterocycles. The maximum absolute atomic E-state index is 12.0. The van der Waals surface area contributed by atoms with Gasteiger partial charge in [0.15, 0.2) is 6.10 Å². The predicted octanol–water partition coefficient (Wildman–Crippen LogP) is -1.25. The van der Waals surface area contributed by atoms with E-state index in [4.69, 9.17) is 10.5 Å². The van der Waals surface area contributed by atoms with Crippen molar-refractivity contribution in [3.63, 3.8) is 0 Å². The molecule has 1 atom stereocenters. The first kappa shape index (κ1) is 11.6. The van der Waals surface area contributed by atoms with Gasteiger partial charge in [-0.05, 0) is 6.07 Å². The van der Waals surface area contributed by atoms with E-state index in [9.17, 15) is 9.59 Å². The molecule has 1 fully saturated rings. The highest BCUT2D eigenvalue weighted by Crippen LogP contribution is 2.09. The molecule has 92 valence electrons. The number of nitrogens with zero attached hydrogens (tertiary/aromatic N) is 3. The Bertz CT molecular complexity index is 443. The fourth-order valence-corrected chi connectivity index (χ4v) is 1.70. The molecule has 1 saturated heterocycles. The van der Waals surface area contributed by atoms with Crippen molar-refractivity contribution in [1.82, 2.24) is 14.7 Å². The molecule has 1 unspecified atom stereocenters. The lowest BCUT2D eigenvalue weighted by atomic mass is 10.2. The van der Waals surface area contributed by atoms with Crippen LogP contribution in [0.15, 0.2) is 12.3 Å². The van der Waals surface area contributed by atoms with Gasteiger partial charge in [0.25, 0.3) is 5.91 Å². The average molecular weight is 238 g/mol. The maximum atomic E-state index is 12.0. The van der Waals surface area contributed by atoms with Crippen molar-refractivity contribution in [3.05, 3.63) is 18.0 Å². The van der Waals surface area contributed by atoms with Crippen LogP contribution < -0.4 is 5.73 Å². The Morgan fingerprint density at radius 2 is 2.35 bits per heavy atom. The van der Waals surface area contributed by atoms with Crippen LogP contribution in [0, 0.1) is 0 Å². The standard InChI is InChI=1S/C10H14N4O3/c1-13-3-2-7(12-13)10(16)14-4-5-17-8(6-14)9(11)15/h2-3,8H,4-6H2,1H3,(H2,11,15). The summed E-state index contributed by atoms with van der Waals surface area (Å²) >= 11 is 0. The molecule has 1 aliphatic heterocycles. The number of primary amides is 1. The molecule has 0 spiro atoms. The summed E-state index contributed by atoms with van der Waals surface area (Å²) in [6.45, 7) is 0.941. The molecule has 2 N–H and O–H groups in total. The van der Waals surface area contributed by atoms with Crippen molar-refractivity contribution in [3.8, 4) is 0 Å². The molecule has 0 saturated carbocycles. The Morgan fingerprint density at radius 3 is 2.94 bits per heavy atom. The van der Waals surface area contributed by atoms with Crippen LogP contribution in [0.25, 0.3) is 0 Å². The van der Waals surface area contributed by atoms with Gasteiger partial charge in [-0.3, -0.25) is 14.3 Å². The number of amides is 2. The van der Waals surface area contributed by atoms with E-state index in [1.807, 2.05) is 0 Å². The van der Waals surface area contributed by atoms with Gasteiger partial charge < -0.3 is 15.4 Å². The van der Waals surface area contributed by atoms with E-state index < -0.39 is 12.0 Å². The van der Waals surface area contributed by atoms with Crippen LogP contribution in [0.3, 0.4) is 0 Å². The predicted molar refractivity (Wildman–Crippen MR) is 58.0 cm³/mol. The third-order valence-electron chi connectivity index (χ3n) is 2.60. The van der Waals surface area contributed by atoms with Crippen LogP contribution in [-0.4, -0.2) is 52.3 Å². The first-order valence-corrected chi connectivity index (χ1v) is 5.28. The van der Waals surface area contributed by atoms with Crippen molar-refractivity contribution < 1.29 is 14.3 Å². The van der Waals surface area contributed by atoms with Crippen LogP contribution in [0.5, 0.6) is 0 Å². The van der Waals surface area contributed by atoms with E-state index in [1.54, 1.807) is 24.0 Å². The molecule has 0 aromatic carbocycles. The Labute approximate surface area is 98.1 Å². The van der Waals surface area contributed by atoms with Gasteiger partial charge in [0.2, 0.25) is 5.91 Å². The minimum atomic E-state index is -0.726. The van der Waals surface area contributed by atoms with E-state index in [-0.39, 0.29) is 12.5 Å². The number of ether oxygens (including phenoxy) is 1. The van der Waals surface area contributed by atoms with Crippen molar-refractivity contribution in [2.24, 2.45) is 12.8 Å². The maximum Gasteiger partial charge on any atom is 0.274 e. The van der Waals surface area contributed by atoms with Gasteiger partial charge in [-0.25, -0.2) is 0 Å². The molecular formula is C10H14N4O3. The van der Waals surface area contributed by atoms with E-state index >= 15 is 0 Å². The molecule has 1 aliphatic rings. The highest BCUT2D eigenvalue weighted by atomic mass is 16.5. The second-order valence-corrected chi connectivity index (χ2v) is 3.89. The van der Waals surface area contributed by atoms with Crippen molar-refractivity contribution in [1.29, 1.82) is 0 Å². The topological polar surface area (TPSA) is 90.5 Å². The van der Waals surface area contributed by atoms with Gasteiger partial charge in [-0.2, -0.15) is 5.10 Å². The third-order valence-corrected chi connectivity index (χ3v) is 2.60. The van der Waals surface area contributed by atoms with E-state index in [0.717, 1.165) is 0 Å². The highest BCUT2D eigenvalue weighted by Gasteiger charge is 2.29. The van der Waals surface area contributed by atoms with Gasteiger partial charge in [-0.15, -0.1) is 0 Å². The molecule has 7 heteroatoms. The van der Waals surface area contributed by atoms with Crippen molar-refractivity contribution >= 4 is 11.8 Å². The number of morpholine rings is 1. The summed E-state index contributed by atoms with van der Waals surface area (Å²) in [5, 5.41) is 4.02. The summed E-state index contributed by atoms with van der Waals surface area (Å²) in [5.41, 5.74) is 5.51. The summed E-state index contributed by atoms with van der Waals surface area (Å²) in [6.07, 6.45) is 0.968. The second-order valence-electron chi connectivity index (χ2n) is 3.89. The summed E-state index contributed by atoms with van der Waals surface area (Å²) in [5.74, 6) is -0.760. The zero-order valence-electron chi connectivity index (χ0n) is 9.50. The molecule has 0 aliphatic carbocycles. The van der Waals surface area contributed by atoms with Crippen molar-refractivity contribution in [2.45, 2.75) is 6.10 Å². The molecule has 2 amide bonds. The number of nitrogens with two attached hydrogens (primary N) is 1. The highest BCUT2D eigenvalue weighted by molar-refractivity contribution is 5.92. The first-order chi connectivity index (χ1) is 8.08. The van der Waals surface area contributed by atoms with Crippen molar-refractivity contribution in [2.75, 3.05) is 19.7 Å². The van der Waals surface area contributed by atoms with E-state index in [0.29, 0.717) is 18.8 Å². The molecule has 1 aromatic heterocycles. The zero-order chi connectivity index (χ0) is 12.4. The number of aromatic nitrogens is 2. The summed E-state index contributed by atoms with van der Waals surface area (Å²) < 4.78 is 6.72. The van der Waals surface area contributed by atoms with Crippen LogP contribution in [0.1, 0.15) is 10.5 Å². The molecule has 0 radical (unpaired) electrons. The summed E-state index contributed by atoms with van der Waals surface area (Å²) in [6, 6.07) is 1.64. The smallest absolute Gasteiger partial charge is 0.274 e. The molecule has 1 aromatic rings. The van der Waals surface area contributed by atoms with Gasteiger partial charge in [0, 0.05) is 19.8 Å². The number of rotatable bonds is 2. The van der Waals surface area contributed by atoms with Gasteiger partial charge in [0.05, 0.1) is 13.2 Å². The van der Waals surface area contributed by atoms with Gasteiger partial charge in [-0.1, -0.05) is 0 Å². The monoisotopic (exact) mass is 238 g/mol. The SMILES string of the molecule is Cn1ccc(C(=O)N2CCOC(C(N)=O)C2)n1. The lowest BCUT2D eigenvalue weighted by molar-refractivity contribution is -0.133. The molecule has 2 rings (SSSR count). The molecule has 0 bridgehead atoms. The van der Waals surface area contributed by atoms with Crippen LogP contribution in [0.4, 0.5) is 0 Å². The zero-order valence-corrected chi connectivity index (χ0v) is 9.50. The normalized spacial score (nSPS) is 20.3. The fraction of sp³-hybridized carbons (Fsp3) is 0.500. The van der Waals surface area contributed by atoms with Crippen LogP contribution >= 0.6 is 0 Å². The minimum Gasteiger partial charge on any atom is -0.367 e. The summed E-state index contributed by atoms with van der Waals surface area (Å²) in [7, 11) is 1.74. The fourth-order valence-electron chi connectivity index (χ4n) is 1.70. The van der Waals surface area contributed by atoms with Crippen LogP contribution in [0.2, 0.25) is 0 Å². The Kier molecular flexibility index (Phi) is 3.10. The minimum absolute atomic E-state index is 0.185. The van der Waals surface area contributed by atoms with E-state index in [1.165, 1.54) is 4.90 Å². The number of aryl methyl sites for hydroxylation is 1. The van der Waals surface area contributed by atoms with E-state index in [2.05, 4.69) is 5.10 Å². The van der Waals surface area contributed by atoms with Gasteiger partial charge >= 0.3 is 0 Å². The molecular weight excluding hydrogens is 224 g/mol. The lowest BCUT2D eigenvalue weighted by Gasteiger charge is -2.30. The average Bonchev–Trinajstić information content (AvgIpc) is 2.75. The van der Waals surface area contributed by atoms with Crippen LogP contribution in [-0.2, 0) is 16.6 Å². The number of carbonyl (C=O) groups is 2. The first-order valence-electron chi connectivity index (χ1n) is 5.28. The number of hydrogen-bond donors (Lipinski definition) is 1. The summed E-state index contributed by atoms with van der Waals surface area (Å²) in [4.78, 5) is 24.6. The second kappa shape index (κ2) is 4.54. The Hall–Kier alpha value is -1.89. The largest absolute Gasteiger partial charge is 0.367 e.